The van der Waals surface area contributed by atoms with E-state index in [1.807, 2.05) is 88.9 Å². The third kappa shape index (κ3) is 11.2. The fourth-order valence-electron chi connectivity index (χ4n) is 7.33. The molecule has 0 unspecified atom stereocenters. The van der Waals surface area contributed by atoms with Gasteiger partial charge in [-0.05, 0) is 142 Å². The summed E-state index contributed by atoms with van der Waals surface area (Å²) in [5.74, 6) is 0.650. The lowest BCUT2D eigenvalue weighted by Gasteiger charge is -2.32. The second-order valence-electron chi connectivity index (χ2n) is 19.0. The maximum atomic E-state index is 12.3. The van der Waals surface area contributed by atoms with Crippen molar-refractivity contribution in [3.63, 3.8) is 0 Å². The summed E-state index contributed by atoms with van der Waals surface area (Å²) in [5, 5.41) is 27.8. The fraction of sp³-hybridized carbons (Fsp3) is 0.545. The van der Waals surface area contributed by atoms with E-state index in [1.54, 1.807) is 38.7 Å². The molecule has 5 heterocycles. The molecule has 16 heteroatoms. The fourth-order valence-corrected chi connectivity index (χ4v) is 7.33. The molecule has 60 heavy (non-hydrogen) atoms. The summed E-state index contributed by atoms with van der Waals surface area (Å²) in [6, 6.07) is 19.2. The number of hydrogen-bond acceptors (Lipinski definition) is 10. The minimum Gasteiger partial charge on any atom is -0.444 e. The molecule has 3 saturated heterocycles. The van der Waals surface area contributed by atoms with Crippen LogP contribution in [0.1, 0.15) is 118 Å². The molecule has 3 fully saturated rings. The van der Waals surface area contributed by atoms with E-state index in [4.69, 9.17) is 23.9 Å². The van der Waals surface area contributed by atoms with Crippen LogP contribution in [-0.4, -0.2) is 114 Å². The van der Waals surface area contributed by atoms with Crippen molar-refractivity contribution in [1.29, 1.82) is 0 Å². The van der Waals surface area contributed by atoms with Crippen molar-refractivity contribution < 1.29 is 38.4 Å². The van der Waals surface area contributed by atoms with Gasteiger partial charge in [0, 0.05) is 50.4 Å². The Bertz CT molecular complexity index is 2040. The zero-order valence-electron chi connectivity index (χ0n) is 36.9. The Hall–Kier alpha value is -4.63. The molecule has 0 saturated carbocycles. The van der Waals surface area contributed by atoms with Gasteiger partial charge in [-0.3, -0.25) is 0 Å². The first-order chi connectivity index (χ1) is 28.1. The summed E-state index contributed by atoms with van der Waals surface area (Å²) in [4.78, 5) is 28.0. The summed E-state index contributed by atoms with van der Waals surface area (Å²) in [6.45, 7) is 22.2. The first-order valence-electron chi connectivity index (χ1n) is 21.1. The Morgan fingerprint density at radius 3 is 1.37 bits per heavy atom. The number of carbonyl (C=O) groups is 2. The number of benzene rings is 2. The van der Waals surface area contributed by atoms with Gasteiger partial charge >= 0.3 is 26.4 Å². The molecule has 2 aromatic carbocycles. The summed E-state index contributed by atoms with van der Waals surface area (Å²) >= 11 is 0. The minimum absolute atomic E-state index is 0.228. The molecule has 2 N–H and O–H groups in total. The number of ether oxygens (including phenoxy) is 2. The van der Waals surface area contributed by atoms with Crippen LogP contribution in [0.25, 0.3) is 11.4 Å². The molecule has 2 aromatic heterocycles. The lowest BCUT2D eigenvalue weighted by molar-refractivity contribution is 0.00578. The zero-order chi connectivity index (χ0) is 43.6. The van der Waals surface area contributed by atoms with Gasteiger partial charge in [-0.2, -0.15) is 10.2 Å². The lowest BCUT2D eigenvalue weighted by atomic mass is 9.79. The normalized spacial score (nSPS) is 18.5. The highest BCUT2D eigenvalue weighted by atomic mass is 16.7. The zero-order valence-corrected chi connectivity index (χ0v) is 36.9. The van der Waals surface area contributed by atoms with Crippen LogP contribution >= 0.6 is 0 Å². The number of carbonyl (C=O) groups excluding carboxylic acids is 2. The van der Waals surface area contributed by atoms with Crippen molar-refractivity contribution in [3.05, 3.63) is 84.4 Å². The summed E-state index contributed by atoms with van der Waals surface area (Å²) in [5.41, 5.74) is 3.71. The van der Waals surface area contributed by atoms with Gasteiger partial charge in [0.2, 0.25) is 0 Å². The number of hydrogen-bond donors (Lipinski definition) is 2. The quantitative estimate of drug-likeness (QED) is 0.223. The van der Waals surface area contributed by atoms with E-state index in [1.165, 1.54) is 0 Å². The van der Waals surface area contributed by atoms with E-state index in [-0.39, 0.29) is 30.5 Å². The van der Waals surface area contributed by atoms with Gasteiger partial charge in [0.1, 0.15) is 11.2 Å². The van der Waals surface area contributed by atoms with Gasteiger partial charge in [-0.25, -0.2) is 19.0 Å². The smallest absolute Gasteiger partial charge is 0.444 e. The number of likely N-dealkylation sites (tertiary alicyclic amines) is 2. The number of amides is 2. The van der Waals surface area contributed by atoms with Gasteiger partial charge in [-0.15, -0.1) is 0 Å². The van der Waals surface area contributed by atoms with Crippen molar-refractivity contribution in [2.75, 3.05) is 26.2 Å². The van der Waals surface area contributed by atoms with Crippen LogP contribution in [0, 0.1) is 0 Å². The van der Waals surface area contributed by atoms with E-state index in [0.29, 0.717) is 43.5 Å². The maximum Gasteiger partial charge on any atom is 0.494 e. The highest BCUT2D eigenvalue weighted by Gasteiger charge is 2.51. The van der Waals surface area contributed by atoms with Crippen LogP contribution in [0.2, 0.25) is 0 Å². The Morgan fingerprint density at radius 2 is 1.02 bits per heavy atom. The minimum atomic E-state index is -1.47. The van der Waals surface area contributed by atoms with Crippen LogP contribution in [0.15, 0.2) is 73.1 Å². The molecule has 0 radical (unpaired) electrons. The number of piperidine rings is 2. The van der Waals surface area contributed by atoms with Gasteiger partial charge in [0.05, 0.1) is 34.0 Å². The molecule has 0 bridgehead atoms. The second-order valence-corrected chi connectivity index (χ2v) is 19.0. The number of aromatic nitrogens is 4. The third-order valence-electron chi connectivity index (χ3n) is 11.5. The molecule has 3 aliphatic rings. The molecule has 0 atom stereocenters. The van der Waals surface area contributed by atoms with Crippen molar-refractivity contribution in [3.8, 4) is 11.4 Å². The largest absolute Gasteiger partial charge is 0.494 e. The molecule has 0 aliphatic carbocycles. The highest BCUT2D eigenvalue weighted by molar-refractivity contribution is 6.62. The number of rotatable bonds is 6. The molecule has 4 aromatic rings. The molecule has 322 valence electrons. The van der Waals surface area contributed by atoms with Crippen molar-refractivity contribution in [1.82, 2.24) is 29.4 Å². The van der Waals surface area contributed by atoms with Crippen LogP contribution < -0.4 is 10.9 Å². The molecular weight excluding hydrogens is 762 g/mol. The first kappa shape index (κ1) is 44.9. The molecular formula is C44H62B2N6O8. The van der Waals surface area contributed by atoms with E-state index < -0.39 is 18.3 Å². The first-order valence-corrected chi connectivity index (χ1v) is 21.1. The van der Waals surface area contributed by atoms with E-state index in [0.717, 1.165) is 53.9 Å². The van der Waals surface area contributed by atoms with Crippen molar-refractivity contribution in [2.24, 2.45) is 0 Å². The second kappa shape index (κ2) is 17.8. The summed E-state index contributed by atoms with van der Waals surface area (Å²) < 4.78 is 26.9. The lowest BCUT2D eigenvalue weighted by Crippen LogP contribution is -2.41. The summed E-state index contributed by atoms with van der Waals surface area (Å²) in [6.07, 6.45) is 6.90. The van der Waals surface area contributed by atoms with Crippen molar-refractivity contribution in [2.45, 2.75) is 129 Å². The maximum absolute atomic E-state index is 12.3. The van der Waals surface area contributed by atoms with Gasteiger partial charge in [-0.1, -0.05) is 24.3 Å². The molecule has 2 amide bonds. The van der Waals surface area contributed by atoms with Crippen molar-refractivity contribution >= 4 is 37.3 Å². The van der Waals surface area contributed by atoms with Crippen LogP contribution in [0.5, 0.6) is 0 Å². The topological polar surface area (TPSA) is 154 Å². The van der Waals surface area contributed by atoms with Gasteiger partial charge < -0.3 is 38.6 Å². The van der Waals surface area contributed by atoms with Crippen LogP contribution in [0.3, 0.4) is 0 Å². The summed E-state index contributed by atoms with van der Waals surface area (Å²) in [7, 11) is -1.84. The van der Waals surface area contributed by atoms with E-state index in [9.17, 15) is 19.6 Å². The average molecular weight is 825 g/mol. The highest BCUT2D eigenvalue weighted by Crippen LogP contribution is 2.36. The molecule has 0 spiro atoms. The van der Waals surface area contributed by atoms with Crippen LogP contribution in [-0.2, 0) is 18.8 Å². The van der Waals surface area contributed by atoms with Gasteiger partial charge in [0.15, 0.2) is 0 Å². The van der Waals surface area contributed by atoms with Crippen LogP contribution in [0.4, 0.5) is 9.59 Å². The monoisotopic (exact) mass is 824 g/mol. The standard InChI is InChI=1S/C25H36BN3O4.C19H26BN3O4/c1-23(2,3)31-22(30)28-15-12-18(13-16-28)21-14-17-29(27-21)20-10-8-19(9-11-20)26-32-24(4,5)25(6,7)33-26;1-19(2,3)27-18(24)22-11-8-14(9-12-22)17-10-13-23(21-17)16-6-4-15(5-7-16)20(25)26/h8-11,14,17-18H,12-13,15-16H2,1-7H3;4-7,10,13-14,25-26H,8-9,11-12H2,1-3H3. The predicted molar refractivity (Wildman–Crippen MR) is 232 cm³/mol. The van der Waals surface area contributed by atoms with E-state index >= 15 is 0 Å². The predicted octanol–water partition coefficient (Wildman–Crippen LogP) is 5.95. The molecule has 7 rings (SSSR count). The SMILES string of the molecule is CC(C)(C)OC(=O)N1CCC(c2ccn(-c3ccc(B(O)O)cc3)n2)CC1.CC(C)(C)OC(=O)N1CCC(c2ccn(-c3ccc(B4OC(C)(C)C(C)(C)O4)cc3)n2)CC1. The average Bonchev–Trinajstić information content (AvgIpc) is 3.93. The Balaban J connectivity index is 0.000000205. The van der Waals surface area contributed by atoms with E-state index in [2.05, 4.69) is 38.9 Å². The molecule has 14 nitrogen and oxygen atoms in total. The Labute approximate surface area is 355 Å². The van der Waals surface area contributed by atoms with Gasteiger partial charge in [0.25, 0.3) is 0 Å². The Morgan fingerprint density at radius 1 is 0.650 bits per heavy atom. The third-order valence-corrected chi connectivity index (χ3v) is 11.5. The molecule has 3 aliphatic heterocycles. The number of nitrogens with zero attached hydrogens (tertiary/aromatic N) is 6. The Kier molecular flexibility index (Phi) is 13.3.